The van der Waals surface area contributed by atoms with Crippen LogP contribution >= 0.6 is 57.8 Å². The van der Waals surface area contributed by atoms with E-state index in [0.717, 1.165) is 7.14 Å². The lowest BCUT2D eigenvalue weighted by Gasteiger charge is -2.11. The standard InChI is InChI=1S/C12H4F4I2OS/c13-7-9(15)12(20)10(16)8(14)11(7)19-6-2-4(17)1-5(18)3-6/h1-3,20H. The van der Waals surface area contributed by atoms with Gasteiger partial charge in [-0.25, -0.2) is 8.78 Å². The maximum Gasteiger partial charge on any atom is 0.205 e. The van der Waals surface area contributed by atoms with E-state index < -0.39 is 33.9 Å². The molecule has 0 N–H and O–H groups in total. The third-order valence-corrected chi connectivity index (χ3v) is 3.89. The predicted molar refractivity (Wildman–Crippen MR) is 85.5 cm³/mol. The Bertz CT molecular complexity index is 644. The van der Waals surface area contributed by atoms with Gasteiger partial charge in [-0.15, -0.1) is 12.6 Å². The van der Waals surface area contributed by atoms with Crippen LogP contribution in [0.15, 0.2) is 23.1 Å². The Morgan fingerprint density at radius 3 is 1.70 bits per heavy atom. The summed E-state index contributed by atoms with van der Waals surface area (Å²) < 4.78 is 60.4. The van der Waals surface area contributed by atoms with Crippen LogP contribution in [0.3, 0.4) is 0 Å². The minimum absolute atomic E-state index is 0.0739. The molecule has 0 heterocycles. The summed E-state index contributed by atoms with van der Waals surface area (Å²) in [5, 5.41) is 0. The zero-order valence-electron chi connectivity index (χ0n) is 9.36. The van der Waals surface area contributed by atoms with Crippen LogP contribution in [0.2, 0.25) is 0 Å². The smallest absolute Gasteiger partial charge is 0.205 e. The van der Waals surface area contributed by atoms with Crippen LogP contribution in [0.1, 0.15) is 0 Å². The van der Waals surface area contributed by atoms with Crippen LogP contribution in [-0.4, -0.2) is 0 Å². The van der Waals surface area contributed by atoms with Crippen molar-refractivity contribution in [2.75, 3.05) is 0 Å². The molecule has 0 saturated carbocycles. The fourth-order valence-electron chi connectivity index (χ4n) is 1.39. The first-order chi connectivity index (χ1) is 9.31. The Morgan fingerprint density at radius 2 is 1.25 bits per heavy atom. The maximum atomic E-state index is 13.6. The van der Waals surface area contributed by atoms with Crippen molar-refractivity contribution in [2.45, 2.75) is 4.90 Å². The number of hydrogen-bond acceptors (Lipinski definition) is 2. The lowest BCUT2D eigenvalue weighted by atomic mass is 10.2. The van der Waals surface area contributed by atoms with E-state index in [1.807, 2.05) is 45.2 Å². The first-order valence-corrected chi connectivity index (χ1v) is 7.60. The second kappa shape index (κ2) is 6.26. The van der Waals surface area contributed by atoms with E-state index in [2.05, 4.69) is 12.6 Å². The van der Waals surface area contributed by atoms with Crippen molar-refractivity contribution in [1.82, 2.24) is 0 Å². The van der Waals surface area contributed by atoms with Crippen LogP contribution in [0.4, 0.5) is 17.6 Å². The number of thiol groups is 1. The van der Waals surface area contributed by atoms with Gasteiger partial charge in [-0.1, -0.05) is 0 Å². The molecular weight excluding hydrogens is 522 g/mol. The number of halogens is 6. The number of hydrogen-bond donors (Lipinski definition) is 1. The van der Waals surface area contributed by atoms with Gasteiger partial charge in [-0.05, 0) is 63.4 Å². The summed E-state index contributed by atoms with van der Waals surface area (Å²) in [4.78, 5) is -1.02. The second-order valence-electron chi connectivity index (χ2n) is 3.64. The fourth-order valence-corrected chi connectivity index (χ4v) is 3.47. The SMILES string of the molecule is Fc1c(F)c(Oc2cc(I)cc(I)c2)c(F)c(F)c1S. The van der Waals surface area contributed by atoms with E-state index in [0.29, 0.717) is 0 Å². The molecule has 2 aromatic carbocycles. The Morgan fingerprint density at radius 1 is 0.800 bits per heavy atom. The molecule has 20 heavy (non-hydrogen) atoms. The maximum absolute atomic E-state index is 13.6. The van der Waals surface area contributed by atoms with Gasteiger partial charge in [-0.3, -0.25) is 0 Å². The summed E-state index contributed by atoms with van der Waals surface area (Å²) in [6.45, 7) is 0. The zero-order valence-corrected chi connectivity index (χ0v) is 14.6. The number of benzene rings is 2. The van der Waals surface area contributed by atoms with Gasteiger partial charge in [0.2, 0.25) is 17.4 Å². The Kier molecular flexibility index (Phi) is 5.05. The summed E-state index contributed by atoms with van der Waals surface area (Å²) in [5.41, 5.74) is 0. The second-order valence-corrected chi connectivity index (χ2v) is 6.58. The Hall–Kier alpha value is -0.230. The highest BCUT2D eigenvalue weighted by atomic mass is 127. The van der Waals surface area contributed by atoms with Gasteiger partial charge in [0, 0.05) is 7.14 Å². The number of rotatable bonds is 2. The quantitative estimate of drug-likeness (QED) is 0.235. The largest absolute Gasteiger partial charge is 0.451 e. The summed E-state index contributed by atoms with van der Waals surface area (Å²) in [7, 11) is 0. The molecule has 0 bridgehead atoms. The summed E-state index contributed by atoms with van der Waals surface area (Å²) >= 11 is 7.32. The zero-order chi connectivity index (χ0) is 15.0. The third kappa shape index (κ3) is 3.16. The lowest BCUT2D eigenvalue weighted by Crippen LogP contribution is -2.02. The molecule has 0 amide bonds. The fraction of sp³-hybridized carbons (Fsp3) is 0. The highest BCUT2D eigenvalue weighted by molar-refractivity contribution is 14.1. The van der Waals surface area contributed by atoms with E-state index in [9.17, 15) is 17.6 Å². The third-order valence-electron chi connectivity index (χ3n) is 2.26. The van der Waals surface area contributed by atoms with Gasteiger partial charge in [0.15, 0.2) is 11.6 Å². The molecule has 2 aromatic rings. The molecule has 0 radical (unpaired) electrons. The highest BCUT2D eigenvalue weighted by Crippen LogP contribution is 2.35. The molecule has 0 aliphatic rings. The van der Waals surface area contributed by atoms with Crippen molar-refractivity contribution in [3.63, 3.8) is 0 Å². The van der Waals surface area contributed by atoms with E-state index in [-0.39, 0.29) is 5.75 Å². The Labute approximate surface area is 144 Å². The minimum Gasteiger partial charge on any atom is -0.451 e. The molecule has 0 aliphatic carbocycles. The van der Waals surface area contributed by atoms with Gasteiger partial charge >= 0.3 is 0 Å². The van der Waals surface area contributed by atoms with Crippen molar-refractivity contribution in [1.29, 1.82) is 0 Å². The molecular formula is C12H4F4I2OS. The van der Waals surface area contributed by atoms with Crippen molar-refractivity contribution in [2.24, 2.45) is 0 Å². The summed E-state index contributed by atoms with van der Waals surface area (Å²) in [6.07, 6.45) is 0. The first kappa shape index (κ1) is 16.1. The van der Waals surface area contributed by atoms with Crippen molar-refractivity contribution in [3.8, 4) is 11.5 Å². The first-order valence-electron chi connectivity index (χ1n) is 5.00. The monoisotopic (exact) mass is 526 g/mol. The van der Waals surface area contributed by atoms with Gasteiger partial charge in [0.25, 0.3) is 0 Å². The highest BCUT2D eigenvalue weighted by Gasteiger charge is 2.25. The van der Waals surface area contributed by atoms with Crippen LogP contribution in [0, 0.1) is 30.4 Å². The topological polar surface area (TPSA) is 9.23 Å². The lowest BCUT2D eigenvalue weighted by molar-refractivity contribution is 0.353. The average Bonchev–Trinajstić information content (AvgIpc) is 2.38. The molecule has 0 spiro atoms. The predicted octanol–water partition coefficient (Wildman–Crippen LogP) is 5.53. The molecule has 0 aromatic heterocycles. The van der Waals surface area contributed by atoms with Gasteiger partial charge in [0.1, 0.15) is 5.75 Å². The Balaban J connectivity index is 2.54. The van der Waals surface area contributed by atoms with Crippen LogP contribution in [0.5, 0.6) is 11.5 Å². The molecule has 0 atom stereocenters. The number of ether oxygens (including phenoxy) is 1. The summed E-state index contributed by atoms with van der Waals surface area (Å²) in [6, 6.07) is 4.75. The van der Waals surface area contributed by atoms with E-state index in [1.165, 1.54) is 12.1 Å². The van der Waals surface area contributed by atoms with Crippen LogP contribution in [0.25, 0.3) is 0 Å². The molecule has 8 heteroatoms. The minimum atomic E-state index is -1.62. The molecule has 0 aliphatic heterocycles. The van der Waals surface area contributed by atoms with E-state index in [1.54, 1.807) is 6.07 Å². The molecule has 0 fully saturated rings. The van der Waals surface area contributed by atoms with Crippen LogP contribution < -0.4 is 4.74 Å². The summed E-state index contributed by atoms with van der Waals surface area (Å²) in [5.74, 6) is -7.49. The van der Waals surface area contributed by atoms with Crippen molar-refractivity contribution in [3.05, 3.63) is 48.6 Å². The normalized spacial score (nSPS) is 10.8. The van der Waals surface area contributed by atoms with Gasteiger partial charge in [0.05, 0.1) is 4.90 Å². The van der Waals surface area contributed by atoms with E-state index >= 15 is 0 Å². The molecule has 2 rings (SSSR count). The van der Waals surface area contributed by atoms with Crippen molar-refractivity contribution >= 4 is 57.8 Å². The van der Waals surface area contributed by atoms with Gasteiger partial charge in [-0.2, -0.15) is 8.78 Å². The van der Waals surface area contributed by atoms with Gasteiger partial charge < -0.3 is 4.74 Å². The molecule has 1 nitrogen and oxygen atoms in total. The molecule has 106 valence electrons. The van der Waals surface area contributed by atoms with E-state index in [4.69, 9.17) is 4.74 Å². The molecule has 0 saturated heterocycles. The average molecular weight is 526 g/mol. The molecule has 0 unspecified atom stereocenters. The van der Waals surface area contributed by atoms with Crippen LogP contribution in [-0.2, 0) is 0 Å². The van der Waals surface area contributed by atoms with Crippen molar-refractivity contribution < 1.29 is 22.3 Å².